The maximum absolute atomic E-state index is 12.2. The topological polar surface area (TPSA) is 89.6 Å². The van der Waals surface area contributed by atoms with Crippen molar-refractivity contribution in [2.45, 2.75) is 32.8 Å². The summed E-state index contributed by atoms with van der Waals surface area (Å²) in [6.45, 7) is 5.28. The summed E-state index contributed by atoms with van der Waals surface area (Å²) in [6, 6.07) is 9.30. The van der Waals surface area contributed by atoms with E-state index in [9.17, 15) is 9.59 Å². The molecule has 0 saturated heterocycles. The molecule has 0 aliphatic rings. The van der Waals surface area contributed by atoms with Gasteiger partial charge in [0.2, 0.25) is 0 Å². The first kappa shape index (κ1) is 16.8. The van der Waals surface area contributed by atoms with E-state index in [-0.39, 0.29) is 5.70 Å². The van der Waals surface area contributed by atoms with Crippen molar-refractivity contribution in [1.29, 1.82) is 0 Å². The molecule has 114 valence electrons. The average Bonchev–Trinajstić information content (AvgIpc) is 2.36. The number of ether oxygens (including phenoxy) is 1. The Balaban J connectivity index is 2.97. The molecule has 0 aliphatic carbocycles. The molecule has 21 heavy (non-hydrogen) atoms. The molecule has 0 radical (unpaired) electrons. The van der Waals surface area contributed by atoms with Crippen molar-refractivity contribution in [3.05, 3.63) is 47.7 Å². The predicted molar refractivity (Wildman–Crippen MR) is 79.4 cm³/mol. The van der Waals surface area contributed by atoms with Crippen LogP contribution >= 0.6 is 0 Å². The number of rotatable bonds is 5. The van der Waals surface area contributed by atoms with Gasteiger partial charge in [-0.25, -0.2) is 4.79 Å². The normalized spacial score (nSPS) is 13.6. The van der Waals surface area contributed by atoms with Gasteiger partial charge in [0.05, 0.1) is 5.92 Å². The Hall–Kier alpha value is -2.30. The van der Waals surface area contributed by atoms with E-state index >= 15 is 0 Å². The first-order valence-electron chi connectivity index (χ1n) is 6.66. The summed E-state index contributed by atoms with van der Waals surface area (Å²) in [7, 11) is 0. The highest BCUT2D eigenvalue weighted by Crippen LogP contribution is 2.17. The smallest absolute Gasteiger partial charge is 0.351 e. The van der Waals surface area contributed by atoms with Gasteiger partial charge in [-0.05, 0) is 38.8 Å². The lowest BCUT2D eigenvalue weighted by molar-refractivity contribution is -0.158. The molecule has 0 unspecified atom stereocenters. The predicted octanol–water partition coefficient (Wildman–Crippen LogP) is 2.11. The molecule has 0 fully saturated rings. The number of esters is 1. The van der Waals surface area contributed by atoms with Crippen LogP contribution in [-0.4, -0.2) is 22.6 Å². The third kappa shape index (κ3) is 6.12. The Bertz CT molecular complexity index is 529. The molecule has 5 nitrogen and oxygen atoms in total. The molecular weight excluding hydrogens is 270 g/mol. The minimum Gasteiger partial charge on any atom is -0.477 e. The molecule has 0 amide bonds. The van der Waals surface area contributed by atoms with E-state index in [1.807, 2.05) is 30.3 Å². The summed E-state index contributed by atoms with van der Waals surface area (Å²) in [5.74, 6) is -2.48. The van der Waals surface area contributed by atoms with E-state index in [0.717, 1.165) is 5.56 Å². The highest BCUT2D eigenvalue weighted by atomic mass is 16.6. The average molecular weight is 291 g/mol. The second kappa shape index (κ2) is 6.92. The third-order valence-electron chi connectivity index (χ3n) is 2.64. The Morgan fingerprint density at radius 2 is 1.86 bits per heavy atom. The summed E-state index contributed by atoms with van der Waals surface area (Å²) in [4.78, 5) is 23.1. The van der Waals surface area contributed by atoms with Crippen LogP contribution in [0.3, 0.4) is 0 Å². The molecule has 0 aliphatic heterocycles. The number of hydrogen-bond acceptors (Lipinski definition) is 4. The molecule has 1 aromatic rings. The molecule has 1 atom stereocenters. The van der Waals surface area contributed by atoms with Gasteiger partial charge in [-0.1, -0.05) is 30.3 Å². The van der Waals surface area contributed by atoms with Crippen LogP contribution in [-0.2, 0) is 20.7 Å². The maximum Gasteiger partial charge on any atom is 0.351 e. The van der Waals surface area contributed by atoms with Crippen molar-refractivity contribution in [3.8, 4) is 0 Å². The Morgan fingerprint density at radius 1 is 1.29 bits per heavy atom. The number of carboxylic acid groups (broad SMARTS) is 1. The fourth-order valence-electron chi connectivity index (χ4n) is 1.74. The van der Waals surface area contributed by atoms with Crippen LogP contribution in [0.25, 0.3) is 0 Å². The lowest BCUT2D eigenvalue weighted by Crippen LogP contribution is -2.30. The summed E-state index contributed by atoms with van der Waals surface area (Å²) in [6.07, 6.45) is 1.58. The number of carbonyl (C=O) groups excluding carboxylic acids is 1. The second-order valence-corrected chi connectivity index (χ2v) is 5.76. The van der Waals surface area contributed by atoms with Gasteiger partial charge in [-0.2, -0.15) is 0 Å². The molecule has 1 rings (SSSR count). The maximum atomic E-state index is 12.2. The molecular formula is C16H21NO4. The van der Waals surface area contributed by atoms with Gasteiger partial charge in [-0.3, -0.25) is 4.79 Å². The van der Waals surface area contributed by atoms with Gasteiger partial charge in [0, 0.05) is 0 Å². The van der Waals surface area contributed by atoms with Crippen molar-refractivity contribution >= 4 is 11.9 Å². The number of nitrogens with two attached hydrogens (primary N) is 1. The van der Waals surface area contributed by atoms with Crippen LogP contribution in [0, 0.1) is 5.92 Å². The van der Waals surface area contributed by atoms with Gasteiger partial charge >= 0.3 is 11.9 Å². The number of benzene rings is 1. The number of hydrogen-bond donors (Lipinski definition) is 2. The zero-order chi connectivity index (χ0) is 16.0. The Kier molecular flexibility index (Phi) is 5.52. The van der Waals surface area contributed by atoms with Crippen molar-refractivity contribution in [3.63, 3.8) is 0 Å². The van der Waals surface area contributed by atoms with Gasteiger partial charge < -0.3 is 15.6 Å². The van der Waals surface area contributed by atoms with E-state index in [2.05, 4.69) is 0 Å². The first-order valence-corrected chi connectivity index (χ1v) is 6.66. The van der Waals surface area contributed by atoms with Crippen LogP contribution in [0.15, 0.2) is 42.1 Å². The SMILES string of the molecule is CC(C)(C)OC(=O)[C@@H](C=C(N)C(=O)O)Cc1ccccc1. The van der Waals surface area contributed by atoms with E-state index in [0.29, 0.717) is 6.42 Å². The number of aliphatic carboxylic acids is 1. The van der Waals surface area contributed by atoms with Gasteiger partial charge in [-0.15, -0.1) is 0 Å². The number of carboxylic acids is 1. The van der Waals surface area contributed by atoms with E-state index < -0.39 is 23.5 Å². The molecule has 0 spiro atoms. The Labute approximate surface area is 124 Å². The quantitative estimate of drug-likeness (QED) is 0.640. The molecule has 0 heterocycles. The third-order valence-corrected chi connectivity index (χ3v) is 2.64. The van der Waals surface area contributed by atoms with E-state index in [4.69, 9.17) is 15.6 Å². The highest BCUT2D eigenvalue weighted by Gasteiger charge is 2.25. The Morgan fingerprint density at radius 3 is 2.33 bits per heavy atom. The lowest BCUT2D eigenvalue weighted by atomic mass is 9.98. The minimum absolute atomic E-state index is 0.337. The highest BCUT2D eigenvalue weighted by molar-refractivity contribution is 5.87. The summed E-state index contributed by atoms with van der Waals surface area (Å²) < 4.78 is 5.32. The standard InChI is InChI=1S/C16H21NO4/c1-16(2,3)21-15(20)12(10-13(17)14(18)19)9-11-7-5-4-6-8-11/h4-8,10,12H,9,17H2,1-3H3,(H,18,19)/t12-/m1/s1. The summed E-state index contributed by atoms with van der Waals surface area (Å²) >= 11 is 0. The molecule has 5 heteroatoms. The van der Waals surface area contributed by atoms with Gasteiger partial charge in [0.15, 0.2) is 0 Å². The summed E-state index contributed by atoms with van der Waals surface area (Å²) in [5.41, 5.74) is 5.33. The summed E-state index contributed by atoms with van der Waals surface area (Å²) in [5, 5.41) is 8.87. The monoisotopic (exact) mass is 291 g/mol. The largest absolute Gasteiger partial charge is 0.477 e. The zero-order valence-electron chi connectivity index (χ0n) is 12.5. The van der Waals surface area contributed by atoms with Gasteiger partial charge in [0.1, 0.15) is 11.3 Å². The van der Waals surface area contributed by atoms with Gasteiger partial charge in [0.25, 0.3) is 0 Å². The zero-order valence-corrected chi connectivity index (χ0v) is 12.5. The van der Waals surface area contributed by atoms with Crippen LogP contribution < -0.4 is 5.73 Å². The van der Waals surface area contributed by atoms with Crippen LogP contribution in [0.1, 0.15) is 26.3 Å². The first-order chi connectivity index (χ1) is 9.69. The van der Waals surface area contributed by atoms with Crippen molar-refractivity contribution in [1.82, 2.24) is 0 Å². The van der Waals surface area contributed by atoms with E-state index in [1.165, 1.54) is 6.08 Å². The molecule has 0 bridgehead atoms. The molecule has 0 saturated carbocycles. The molecule has 3 N–H and O–H groups in total. The van der Waals surface area contributed by atoms with Crippen LogP contribution in [0.2, 0.25) is 0 Å². The van der Waals surface area contributed by atoms with Crippen LogP contribution in [0.5, 0.6) is 0 Å². The minimum atomic E-state index is -1.25. The molecule has 1 aromatic carbocycles. The number of carbonyl (C=O) groups is 2. The fraction of sp³-hybridized carbons (Fsp3) is 0.375. The van der Waals surface area contributed by atoms with Crippen molar-refractivity contribution in [2.75, 3.05) is 0 Å². The lowest BCUT2D eigenvalue weighted by Gasteiger charge is -2.23. The van der Waals surface area contributed by atoms with Crippen molar-refractivity contribution in [2.24, 2.45) is 11.7 Å². The van der Waals surface area contributed by atoms with Crippen LogP contribution in [0.4, 0.5) is 0 Å². The second-order valence-electron chi connectivity index (χ2n) is 5.76. The van der Waals surface area contributed by atoms with Crippen molar-refractivity contribution < 1.29 is 19.4 Å². The molecule has 0 aromatic heterocycles. The van der Waals surface area contributed by atoms with E-state index in [1.54, 1.807) is 20.8 Å². The fourth-order valence-corrected chi connectivity index (χ4v) is 1.74.